The summed E-state index contributed by atoms with van der Waals surface area (Å²) >= 11 is 1.34. The van der Waals surface area contributed by atoms with Crippen LogP contribution < -0.4 is 10.6 Å². The molecule has 0 saturated heterocycles. The van der Waals surface area contributed by atoms with E-state index in [-0.39, 0.29) is 11.5 Å². The number of hydrogen-bond donors (Lipinski definition) is 2. The van der Waals surface area contributed by atoms with E-state index < -0.39 is 18.0 Å². The number of carbonyl (C=O) groups is 3. The van der Waals surface area contributed by atoms with Gasteiger partial charge in [0.2, 0.25) is 0 Å². The van der Waals surface area contributed by atoms with Gasteiger partial charge in [-0.05, 0) is 65.5 Å². The lowest BCUT2D eigenvalue weighted by atomic mass is 10.1. The molecule has 0 spiro atoms. The van der Waals surface area contributed by atoms with E-state index >= 15 is 0 Å². The molecule has 4 aromatic rings. The Bertz CT molecular complexity index is 1270. The zero-order valence-corrected chi connectivity index (χ0v) is 18.0. The van der Waals surface area contributed by atoms with Gasteiger partial charge in [0.15, 0.2) is 6.10 Å². The summed E-state index contributed by atoms with van der Waals surface area (Å²) in [7, 11) is 0. The van der Waals surface area contributed by atoms with Crippen LogP contribution in [0.1, 0.15) is 27.0 Å². The van der Waals surface area contributed by atoms with E-state index in [4.69, 9.17) is 4.74 Å². The highest BCUT2D eigenvalue weighted by Gasteiger charge is 2.19. The molecule has 160 valence electrons. The predicted octanol–water partition coefficient (Wildman–Crippen LogP) is 5.34. The largest absolute Gasteiger partial charge is 0.449 e. The third-order valence-electron chi connectivity index (χ3n) is 4.79. The molecule has 7 heteroatoms. The van der Waals surface area contributed by atoms with Gasteiger partial charge in [0.05, 0.1) is 10.4 Å². The Labute approximate surface area is 188 Å². The number of rotatable bonds is 6. The predicted molar refractivity (Wildman–Crippen MR) is 126 cm³/mol. The average molecular weight is 445 g/mol. The number of fused-ring (bicyclic) bond motifs is 1. The van der Waals surface area contributed by atoms with Crippen LogP contribution in [0.15, 0.2) is 84.2 Å². The standard InChI is InChI=1S/C25H20N2O4S/c1-16(23(28)27-21-13-8-17-5-2-3-6-19(17)15-21)31-25(30)18-9-11-20(12-10-18)26-24(29)22-7-4-14-32-22/h2-16H,1H3,(H,26,29)(H,27,28). The molecular formula is C25H20N2O4S. The van der Waals surface area contributed by atoms with E-state index in [0.717, 1.165) is 10.8 Å². The third-order valence-corrected chi connectivity index (χ3v) is 5.66. The number of esters is 1. The van der Waals surface area contributed by atoms with Crippen LogP contribution in [0.5, 0.6) is 0 Å². The Morgan fingerprint density at radius 1 is 0.812 bits per heavy atom. The van der Waals surface area contributed by atoms with Crippen LogP contribution in [0.25, 0.3) is 10.8 Å². The van der Waals surface area contributed by atoms with Crippen LogP contribution in [-0.2, 0) is 9.53 Å². The van der Waals surface area contributed by atoms with Crippen molar-refractivity contribution < 1.29 is 19.1 Å². The molecule has 1 atom stereocenters. The molecule has 6 nitrogen and oxygen atoms in total. The molecule has 0 fully saturated rings. The fraction of sp³-hybridized carbons (Fsp3) is 0.0800. The number of thiophene rings is 1. The molecule has 0 radical (unpaired) electrons. The maximum Gasteiger partial charge on any atom is 0.338 e. The summed E-state index contributed by atoms with van der Waals surface area (Å²) in [6, 6.07) is 23.3. The first kappa shape index (κ1) is 21.3. The van der Waals surface area contributed by atoms with Crippen molar-refractivity contribution in [3.8, 4) is 0 Å². The number of nitrogens with one attached hydrogen (secondary N) is 2. The van der Waals surface area contributed by atoms with Gasteiger partial charge in [-0.2, -0.15) is 0 Å². The number of amides is 2. The van der Waals surface area contributed by atoms with Gasteiger partial charge in [0.25, 0.3) is 11.8 Å². The second kappa shape index (κ2) is 9.45. The van der Waals surface area contributed by atoms with Gasteiger partial charge in [-0.25, -0.2) is 4.79 Å². The first-order valence-corrected chi connectivity index (χ1v) is 10.8. The Kier molecular flexibility index (Phi) is 6.28. The Morgan fingerprint density at radius 2 is 1.53 bits per heavy atom. The van der Waals surface area contributed by atoms with Crippen molar-refractivity contribution >= 4 is 51.3 Å². The number of hydrogen-bond acceptors (Lipinski definition) is 5. The van der Waals surface area contributed by atoms with Gasteiger partial charge >= 0.3 is 5.97 Å². The lowest BCUT2D eigenvalue weighted by Gasteiger charge is -2.14. The lowest BCUT2D eigenvalue weighted by Crippen LogP contribution is -2.30. The fourth-order valence-corrected chi connectivity index (χ4v) is 3.70. The first-order valence-electron chi connectivity index (χ1n) is 9.95. The van der Waals surface area contributed by atoms with E-state index in [1.165, 1.54) is 18.3 Å². The van der Waals surface area contributed by atoms with Crippen LogP contribution in [0.3, 0.4) is 0 Å². The Hall–Kier alpha value is -3.97. The van der Waals surface area contributed by atoms with Crippen molar-refractivity contribution in [3.63, 3.8) is 0 Å². The Morgan fingerprint density at radius 3 is 2.25 bits per heavy atom. The minimum absolute atomic E-state index is 0.214. The lowest BCUT2D eigenvalue weighted by molar-refractivity contribution is -0.123. The van der Waals surface area contributed by atoms with Gasteiger partial charge in [-0.3, -0.25) is 9.59 Å². The normalized spacial score (nSPS) is 11.5. The van der Waals surface area contributed by atoms with Gasteiger partial charge in [-0.1, -0.05) is 36.4 Å². The molecule has 3 aromatic carbocycles. The van der Waals surface area contributed by atoms with Crippen molar-refractivity contribution in [1.82, 2.24) is 0 Å². The highest BCUT2D eigenvalue weighted by atomic mass is 32.1. The van der Waals surface area contributed by atoms with Gasteiger partial charge in [0, 0.05) is 11.4 Å². The van der Waals surface area contributed by atoms with Gasteiger partial charge < -0.3 is 15.4 Å². The van der Waals surface area contributed by atoms with Crippen LogP contribution >= 0.6 is 11.3 Å². The molecule has 0 aliphatic carbocycles. The molecule has 32 heavy (non-hydrogen) atoms. The molecule has 0 aliphatic rings. The van der Waals surface area contributed by atoms with Crippen LogP contribution in [0.4, 0.5) is 11.4 Å². The second-order valence-corrected chi connectivity index (χ2v) is 8.06. The smallest absolute Gasteiger partial charge is 0.338 e. The van der Waals surface area contributed by atoms with Crippen molar-refractivity contribution in [1.29, 1.82) is 0 Å². The van der Waals surface area contributed by atoms with E-state index in [1.807, 2.05) is 41.8 Å². The SMILES string of the molecule is CC(OC(=O)c1ccc(NC(=O)c2cccs2)cc1)C(=O)Nc1ccc2ccccc2c1. The Balaban J connectivity index is 1.34. The van der Waals surface area contributed by atoms with E-state index in [1.54, 1.807) is 42.5 Å². The highest BCUT2D eigenvalue weighted by Crippen LogP contribution is 2.19. The quantitative estimate of drug-likeness (QED) is 0.393. The number of carbonyl (C=O) groups excluding carboxylic acids is 3. The monoisotopic (exact) mass is 444 g/mol. The van der Waals surface area contributed by atoms with Crippen molar-refractivity contribution in [2.24, 2.45) is 0 Å². The molecule has 2 amide bonds. The second-order valence-electron chi connectivity index (χ2n) is 7.11. The van der Waals surface area contributed by atoms with E-state index in [0.29, 0.717) is 16.3 Å². The summed E-state index contributed by atoms with van der Waals surface area (Å²) in [4.78, 5) is 37.6. The summed E-state index contributed by atoms with van der Waals surface area (Å²) in [5.41, 5.74) is 1.47. The van der Waals surface area contributed by atoms with Crippen molar-refractivity contribution in [3.05, 3.63) is 94.7 Å². The minimum atomic E-state index is -0.979. The van der Waals surface area contributed by atoms with Crippen LogP contribution in [0.2, 0.25) is 0 Å². The zero-order valence-electron chi connectivity index (χ0n) is 17.2. The van der Waals surface area contributed by atoms with Gasteiger partial charge in [0.1, 0.15) is 0 Å². The fourth-order valence-electron chi connectivity index (χ4n) is 3.08. The average Bonchev–Trinajstić information content (AvgIpc) is 3.34. The number of anilines is 2. The van der Waals surface area contributed by atoms with E-state index in [2.05, 4.69) is 10.6 Å². The summed E-state index contributed by atoms with van der Waals surface area (Å²) in [6.07, 6.45) is -0.979. The molecule has 0 saturated carbocycles. The molecule has 1 heterocycles. The van der Waals surface area contributed by atoms with Crippen LogP contribution in [-0.4, -0.2) is 23.9 Å². The molecule has 4 rings (SSSR count). The summed E-state index contributed by atoms with van der Waals surface area (Å²) in [6.45, 7) is 1.52. The number of ether oxygens (including phenoxy) is 1. The highest BCUT2D eigenvalue weighted by molar-refractivity contribution is 7.12. The molecule has 2 N–H and O–H groups in total. The van der Waals surface area contributed by atoms with E-state index in [9.17, 15) is 14.4 Å². The van der Waals surface area contributed by atoms with Crippen molar-refractivity contribution in [2.45, 2.75) is 13.0 Å². The number of benzene rings is 3. The van der Waals surface area contributed by atoms with Crippen LogP contribution in [0, 0.1) is 0 Å². The third kappa shape index (κ3) is 5.01. The molecular weight excluding hydrogens is 424 g/mol. The first-order chi connectivity index (χ1) is 15.5. The summed E-state index contributed by atoms with van der Waals surface area (Å²) < 4.78 is 5.30. The maximum absolute atomic E-state index is 12.5. The molecule has 1 unspecified atom stereocenters. The molecule has 0 bridgehead atoms. The van der Waals surface area contributed by atoms with Crippen molar-refractivity contribution in [2.75, 3.05) is 10.6 Å². The topological polar surface area (TPSA) is 84.5 Å². The maximum atomic E-state index is 12.5. The summed E-state index contributed by atoms with van der Waals surface area (Å²) in [5, 5.41) is 9.43. The summed E-state index contributed by atoms with van der Waals surface area (Å²) in [5.74, 6) is -1.26. The molecule has 1 aromatic heterocycles. The van der Waals surface area contributed by atoms with Gasteiger partial charge in [-0.15, -0.1) is 11.3 Å². The molecule has 0 aliphatic heterocycles. The minimum Gasteiger partial charge on any atom is -0.449 e. The zero-order chi connectivity index (χ0) is 22.5.